The van der Waals surface area contributed by atoms with Crippen LogP contribution in [0.15, 0.2) is 22.7 Å². The second-order valence-corrected chi connectivity index (χ2v) is 6.17. The van der Waals surface area contributed by atoms with Crippen molar-refractivity contribution in [2.75, 3.05) is 18.0 Å². The lowest BCUT2D eigenvalue weighted by Gasteiger charge is -2.15. The molecule has 0 spiro atoms. The highest BCUT2D eigenvalue weighted by molar-refractivity contribution is 9.10. The molecule has 0 fully saturated rings. The summed E-state index contributed by atoms with van der Waals surface area (Å²) in [6.07, 6.45) is -0.757. The van der Waals surface area contributed by atoms with Crippen molar-refractivity contribution in [1.82, 2.24) is 10.6 Å². The molecule has 1 aliphatic rings. The molecule has 0 saturated carbocycles. The molecule has 2 atom stereocenters. The molecular weight excluding hydrogens is 366 g/mol. The normalized spacial score (nSPS) is 17.7. The minimum Gasteiger partial charge on any atom is -0.392 e. The summed E-state index contributed by atoms with van der Waals surface area (Å²) < 4.78 is 0.778. The lowest BCUT2D eigenvalue weighted by atomic mass is 10.1. The topological polar surface area (TPSA) is 98.7 Å². The number of hydrogen-bond donors (Lipinski definition) is 3. The van der Waals surface area contributed by atoms with Gasteiger partial charge in [-0.1, -0.05) is 15.9 Å². The number of fused-ring (bicyclic) bond motifs is 1. The number of benzene rings is 1. The van der Waals surface area contributed by atoms with E-state index in [1.807, 2.05) is 13.0 Å². The van der Waals surface area contributed by atoms with Crippen molar-refractivity contribution in [2.24, 2.45) is 0 Å². The number of nitrogens with one attached hydrogen (secondary N) is 2. The van der Waals surface area contributed by atoms with Gasteiger partial charge in [-0.3, -0.25) is 14.4 Å². The van der Waals surface area contributed by atoms with E-state index in [1.165, 1.54) is 6.92 Å². The number of hydrogen-bond acceptors (Lipinski definition) is 4. The fraction of sp³-hybridized carbons (Fsp3) is 0.400. The number of aliphatic hydroxyl groups is 1. The Bertz CT molecular complexity index is 648. The molecule has 0 radical (unpaired) electrons. The molecule has 124 valence electrons. The highest BCUT2D eigenvalue weighted by atomic mass is 79.9. The zero-order valence-electron chi connectivity index (χ0n) is 12.8. The van der Waals surface area contributed by atoms with Crippen LogP contribution in [-0.4, -0.2) is 42.0 Å². The number of amides is 3. The molecule has 2 rings (SSSR count). The predicted octanol–water partition coefficient (Wildman–Crippen LogP) is 0.470. The number of anilines is 1. The van der Waals surface area contributed by atoms with Crippen molar-refractivity contribution in [3.8, 4) is 0 Å². The molecule has 1 aliphatic heterocycles. The van der Waals surface area contributed by atoms with Crippen LogP contribution in [0.5, 0.6) is 0 Å². The van der Waals surface area contributed by atoms with Gasteiger partial charge in [-0.2, -0.15) is 0 Å². The largest absolute Gasteiger partial charge is 0.392 e. The summed E-state index contributed by atoms with van der Waals surface area (Å²) in [5.41, 5.74) is 1.36. The van der Waals surface area contributed by atoms with Crippen molar-refractivity contribution < 1.29 is 19.5 Å². The quantitative estimate of drug-likeness (QED) is 0.658. The van der Waals surface area contributed by atoms with Gasteiger partial charge in [0.15, 0.2) is 0 Å². The monoisotopic (exact) mass is 383 g/mol. The van der Waals surface area contributed by atoms with Crippen LogP contribution in [0.4, 0.5) is 5.69 Å². The molecule has 0 aromatic heterocycles. The summed E-state index contributed by atoms with van der Waals surface area (Å²) in [4.78, 5) is 37.7. The van der Waals surface area contributed by atoms with Gasteiger partial charge in [-0.25, -0.2) is 0 Å². The van der Waals surface area contributed by atoms with Crippen molar-refractivity contribution in [1.29, 1.82) is 0 Å². The van der Waals surface area contributed by atoms with Gasteiger partial charge in [0.1, 0.15) is 6.04 Å². The van der Waals surface area contributed by atoms with Gasteiger partial charge in [-0.15, -0.1) is 0 Å². The van der Waals surface area contributed by atoms with Crippen LogP contribution in [-0.2, 0) is 14.4 Å². The number of nitrogens with zero attached hydrogens (tertiary/aromatic N) is 1. The zero-order chi connectivity index (χ0) is 17.1. The molecule has 1 aromatic carbocycles. The molecule has 3 N–H and O–H groups in total. The van der Waals surface area contributed by atoms with Gasteiger partial charge < -0.3 is 20.6 Å². The maximum absolute atomic E-state index is 12.5. The van der Waals surface area contributed by atoms with Crippen LogP contribution >= 0.6 is 15.9 Å². The van der Waals surface area contributed by atoms with E-state index in [-0.39, 0.29) is 12.5 Å². The first kappa shape index (κ1) is 17.4. The Hall–Kier alpha value is -1.93. The van der Waals surface area contributed by atoms with E-state index in [2.05, 4.69) is 26.6 Å². The van der Waals surface area contributed by atoms with E-state index >= 15 is 0 Å². The molecule has 1 aromatic rings. The molecule has 0 bridgehead atoms. The summed E-state index contributed by atoms with van der Waals surface area (Å²) in [6.45, 7) is 3.76. The molecule has 2 unspecified atom stereocenters. The predicted molar refractivity (Wildman–Crippen MR) is 87.7 cm³/mol. The summed E-state index contributed by atoms with van der Waals surface area (Å²) in [6, 6.07) is 4.46. The van der Waals surface area contributed by atoms with E-state index in [0.29, 0.717) is 12.1 Å². The smallest absolute Gasteiger partial charge is 0.310 e. The summed E-state index contributed by atoms with van der Waals surface area (Å²) in [5, 5.41) is 13.9. The lowest BCUT2D eigenvalue weighted by molar-refractivity contribution is -0.140. The molecule has 7 nitrogen and oxygen atoms in total. The number of likely N-dealkylation sites (N-methyl/N-ethyl adjacent to an activating group) is 1. The third-order valence-electron chi connectivity index (χ3n) is 3.46. The Morgan fingerprint density at radius 2 is 2.09 bits per heavy atom. The molecule has 3 amide bonds. The zero-order valence-corrected chi connectivity index (χ0v) is 14.4. The van der Waals surface area contributed by atoms with E-state index in [4.69, 9.17) is 5.11 Å². The van der Waals surface area contributed by atoms with Crippen molar-refractivity contribution in [2.45, 2.75) is 26.0 Å². The summed E-state index contributed by atoms with van der Waals surface area (Å²) in [7, 11) is 0. The number of halogens is 1. The Morgan fingerprint density at radius 3 is 2.70 bits per heavy atom. The van der Waals surface area contributed by atoms with Gasteiger partial charge in [0.25, 0.3) is 5.91 Å². The van der Waals surface area contributed by atoms with Gasteiger partial charge in [0, 0.05) is 28.8 Å². The van der Waals surface area contributed by atoms with Gasteiger partial charge in [0.05, 0.1) is 6.10 Å². The van der Waals surface area contributed by atoms with Crippen LogP contribution in [0.2, 0.25) is 0 Å². The van der Waals surface area contributed by atoms with Crippen molar-refractivity contribution >= 4 is 39.3 Å². The van der Waals surface area contributed by atoms with Crippen LogP contribution in [0.1, 0.15) is 25.5 Å². The summed E-state index contributed by atoms with van der Waals surface area (Å²) in [5.74, 6) is -2.07. The average molecular weight is 384 g/mol. The maximum atomic E-state index is 12.5. The molecular formula is C15H18BrN3O4. The third-order valence-corrected chi connectivity index (χ3v) is 3.95. The first-order valence-electron chi connectivity index (χ1n) is 7.22. The Kier molecular flexibility index (Phi) is 5.38. The van der Waals surface area contributed by atoms with Crippen LogP contribution < -0.4 is 15.5 Å². The SMILES string of the molecule is CCN1C(=O)C(NC(=O)C(=O)NCC(C)O)c2cc(Br)ccc21. The van der Waals surface area contributed by atoms with E-state index in [1.54, 1.807) is 17.0 Å². The Morgan fingerprint density at radius 1 is 1.39 bits per heavy atom. The van der Waals surface area contributed by atoms with Crippen LogP contribution in [0.3, 0.4) is 0 Å². The summed E-state index contributed by atoms with van der Waals surface area (Å²) >= 11 is 3.34. The highest BCUT2D eigenvalue weighted by Gasteiger charge is 2.38. The first-order valence-corrected chi connectivity index (χ1v) is 8.02. The molecule has 8 heteroatoms. The average Bonchev–Trinajstić information content (AvgIpc) is 2.76. The van der Waals surface area contributed by atoms with Crippen LogP contribution in [0.25, 0.3) is 0 Å². The lowest BCUT2D eigenvalue weighted by Crippen LogP contribution is -2.45. The van der Waals surface area contributed by atoms with E-state index in [9.17, 15) is 14.4 Å². The molecule has 1 heterocycles. The van der Waals surface area contributed by atoms with E-state index in [0.717, 1.165) is 10.2 Å². The van der Waals surface area contributed by atoms with Gasteiger partial charge >= 0.3 is 11.8 Å². The molecule has 23 heavy (non-hydrogen) atoms. The standard InChI is InChI=1S/C15H18BrN3O4/c1-3-19-11-5-4-9(16)6-10(11)12(15(19)23)18-14(22)13(21)17-7-8(2)20/h4-6,8,12,20H,3,7H2,1-2H3,(H,17,21)(H,18,22). The fourth-order valence-corrected chi connectivity index (χ4v) is 2.77. The first-order chi connectivity index (χ1) is 10.8. The minimum absolute atomic E-state index is 0.0336. The maximum Gasteiger partial charge on any atom is 0.310 e. The number of carbonyl (C=O) groups excluding carboxylic acids is 3. The second kappa shape index (κ2) is 7.10. The van der Waals surface area contributed by atoms with Gasteiger partial charge in [0.2, 0.25) is 0 Å². The Balaban J connectivity index is 2.17. The number of aliphatic hydroxyl groups excluding tert-OH is 1. The van der Waals surface area contributed by atoms with Crippen molar-refractivity contribution in [3.63, 3.8) is 0 Å². The van der Waals surface area contributed by atoms with Gasteiger partial charge in [-0.05, 0) is 32.0 Å². The number of carbonyl (C=O) groups is 3. The number of rotatable bonds is 4. The second-order valence-electron chi connectivity index (χ2n) is 5.25. The van der Waals surface area contributed by atoms with Crippen molar-refractivity contribution in [3.05, 3.63) is 28.2 Å². The minimum atomic E-state index is -0.909. The third kappa shape index (κ3) is 3.70. The fourth-order valence-electron chi connectivity index (χ4n) is 2.39. The molecule has 0 aliphatic carbocycles. The molecule has 0 saturated heterocycles. The van der Waals surface area contributed by atoms with Crippen LogP contribution in [0, 0.1) is 0 Å². The Labute approximate surface area is 142 Å². The highest BCUT2D eigenvalue weighted by Crippen LogP contribution is 2.37. The van der Waals surface area contributed by atoms with E-state index < -0.39 is 24.0 Å².